The molecule has 0 unspecified atom stereocenters. The molecule has 0 bridgehead atoms. The lowest BCUT2D eigenvalue weighted by Gasteiger charge is -2.20. The van der Waals surface area contributed by atoms with Crippen LogP contribution in [0.1, 0.15) is 12.0 Å². The number of benzene rings is 1. The monoisotopic (exact) mass is 424 g/mol. The zero-order chi connectivity index (χ0) is 14.9. The minimum Gasteiger partial charge on any atom is -0.355 e. The highest BCUT2D eigenvalue weighted by molar-refractivity contribution is 9.11. The van der Waals surface area contributed by atoms with Crippen LogP contribution in [0.4, 0.5) is 0 Å². The second kappa shape index (κ2) is 6.13. The Morgan fingerprint density at radius 3 is 2.60 bits per heavy atom. The van der Waals surface area contributed by atoms with Crippen LogP contribution in [-0.4, -0.2) is 38.3 Å². The van der Waals surface area contributed by atoms with E-state index in [0.717, 1.165) is 10.0 Å². The first-order valence-corrected chi connectivity index (χ1v) is 9.07. The first-order valence-electron chi connectivity index (χ1n) is 6.05. The van der Waals surface area contributed by atoms with Gasteiger partial charge < -0.3 is 5.32 Å². The third-order valence-electron chi connectivity index (χ3n) is 3.10. The Balaban J connectivity index is 2.39. The van der Waals surface area contributed by atoms with Gasteiger partial charge in [-0.2, -0.15) is 4.31 Å². The van der Waals surface area contributed by atoms with E-state index in [9.17, 15) is 13.2 Å². The van der Waals surface area contributed by atoms with E-state index in [1.54, 1.807) is 12.1 Å². The van der Waals surface area contributed by atoms with Crippen molar-refractivity contribution in [1.29, 1.82) is 0 Å². The fraction of sp³-hybridized carbons (Fsp3) is 0.417. The molecule has 1 N–H and O–H groups in total. The SMILES string of the molecule is Cc1cc(Br)c(S(=O)(=O)N2CCNC(=O)CC2)cc1Br. The van der Waals surface area contributed by atoms with Gasteiger partial charge in [0.05, 0.1) is 4.90 Å². The van der Waals surface area contributed by atoms with Gasteiger partial charge in [0.15, 0.2) is 0 Å². The first-order chi connectivity index (χ1) is 9.32. The van der Waals surface area contributed by atoms with Gasteiger partial charge in [-0.1, -0.05) is 15.9 Å². The van der Waals surface area contributed by atoms with Crippen LogP contribution in [0.2, 0.25) is 0 Å². The molecule has 1 aromatic rings. The molecule has 0 radical (unpaired) electrons. The van der Waals surface area contributed by atoms with Crippen LogP contribution in [-0.2, 0) is 14.8 Å². The number of carbonyl (C=O) groups is 1. The van der Waals surface area contributed by atoms with E-state index < -0.39 is 10.0 Å². The van der Waals surface area contributed by atoms with Crippen LogP contribution in [0.5, 0.6) is 0 Å². The molecule has 0 aromatic heterocycles. The fourth-order valence-electron chi connectivity index (χ4n) is 1.95. The van der Waals surface area contributed by atoms with E-state index in [-0.39, 0.29) is 30.3 Å². The van der Waals surface area contributed by atoms with E-state index in [0.29, 0.717) is 11.0 Å². The van der Waals surface area contributed by atoms with E-state index in [1.807, 2.05) is 6.92 Å². The van der Waals surface area contributed by atoms with Gasteiger partial charge in [0.2, 0.25) is 15.9 Å². The van der Waals surface area contributed by atoms with Gasteiger partial charge in [0.1, 0.15) is 0 Å². The number of carbonyl (C=O) groups excluding carboxylic acids is 1. The Morgan fingerprint density at radius 2 is 1.90 bits per heavy atom. The molecule has 1 saturated heterocycles. The number of halogens is 2. The van der Waals surface area contributed by atoms with Crippen molar-refractivity contribution in [3.8, 4) is 0 Å². The minimum atomic E-state index is -3.61. The van der Waals surface area contributed by atoms with Crippen LogP contribution in [0, 0.1) is 6.92 Å². The van der Waals surface area contributed by atoms with Crippen LogP contribution in [0.3, 0.4) is 0 Å². The summed E-state index contributed by atoms with van der Waals surface area (Å²) >= 11 is 6.66. The number of nitrogens with zero attached hydrogens (tertiary/aromatic N) is 1. The van der Waals surface area contributed by atoms with Gasteiger partial charge in [-0.25, -0.2) is 8.42 Å². The van der Waals surface area contributed by atoms with Crippen LogP contribution in [0.15, 0.2) is 26.0 Å². The van der Waals surface area contributed by atoms with Gasteiger partial charge >= 0.3 is 0 Å². The van der Waals surface area contributed by atoms with Crippen molar-refractivity contribution in [3.63, 3.8) is 0 Å². The van der Waals surface area contributed by atoms with Gasteiger partial charge in [0, 0.05) is 35.0 Å². The predicted octanol–water partition coefficient (Wildman–Crippen LogP) is 2.03. The Labute approximate surface area is 135 Å². The standard InChI is InChI=1S/C12H14Br2N2O3S/c1-8-6-10(14)11(7-9(8)13)20(18,19)16-4-2-12(17)15-3-5-16/h6-7H,2-5H2,1H3,(H,15,17). The lowest BCUT2D eigenvalue weighted by Crippen LogP contribution is -2.34. The predicted molar refractivity (Wildman–Crippen MR) is 83.0 cm³/mol. The molecular weight excluding hydrogens is 412 g/mol. The second-order valence-corrected chi connectivity index (χ2v) is 8.15. The minimum absolute atomic E-state index is 0.119. The molecule has 1 heterocycles. The summed E-state index contributed by atoms with van der Waals surface area (Å²) in [5.41, 5.74) is 0.948. The fourth-order valence-corrected chi connectivity index (χ4v) is 5.03. The highest BCUT2D eigenvalue weighted by Gasteiger charge is 2.28. The van der Waals surface area contributed by atoms with E-state index in [2.05, 4.69) is 37.2 Å². The summed E-state index contributed by atoms with van der Waals surface area (Å²) in [6.45, 7) is 2.71. The molecule has 1 aliphatic heterocycles. The molecule has 1 aromatic carbocycles. The number of hydrogen-bond acceptors (Lipinski definition) is 3. The van der Waals surface area contributed by atoms with Crippen molar-refractivity contribution in [1.82, 2.24) is 9.62 Å². The molecule has 8 heteroatoms. The number of hydrogen-bond donors (Lipinski definition) is 1. The summed E-state index contributed by atoms with van der Waals surface area (Å²) in [5, 5.41) is 2.67. The zero-order valence-corrected chi connectivity index (χ0v) is 14.8. The Kier molecular flexibility index (Phi) is 4.88. The van der Waals surface area contributed by atoms with Crippen molar-refractivity contribution in [2.24, 2.45) is 0 Å². The smallest absolute Gasteiger partial charge is 0.244 e. The average molecular weight is 426 g/mol. The summed E-state index contributed by atoms with van der Waals surface area (Å²) in [6.07, 6.45) is 0.184. The van der Waals surface area contributed by atoms with Crippen molar-refractivity contribution < 1.29 is 13.2 Å². The van der Waals surface area contributed by atoms with E-state index >= 15 is 0 Å². The van der Waals surface area contributed by atoms with Gasteiger partial charge in [-0.05, 0) is 40.5 Å². The number of aryl methyl sites for hydroxylation is 1. The first kappa shape index (κ1) is 15.9. The molecule has 5 nitrogen and oxygen atoms in total. The number of amides is 1. The third-order valence-corrected chi connectivity index (χ3v) is 6.81. The number of rotatable bonds is 2. The maximum absolute atomic E-state index is 12.7. The molecule has 110 valence electrons. The Morgan fingerprint density at radius 1 is 1.20 bits per heavy atom. The Bertz CT molecular complexity index is 646. The summed E-state index contributed by atoms with van der Waals surface area (Å²) in [7, 11) is -3.61. The number of sulfonamides is 1. The lowest BCUT2D eigenvalue weighted by atomic mass is 10.2. The van der Waals surface area contributed by atoms with Gasteiger partial charge in [-0.3, -0.25) is 4.79 Å². The Hall–Kier alpha value is -0.440. The van der Waals surface area contributed by atoms with E-state index in [1.165, 1.54) is 4.31 Å². The van der Waals surface area contributed by atoms with Gasteiger partial charge in [-0.15, -0.1) is 0 Å². The second-order valence-electron chi connectivity index (χ2n) is 4.54. The summed E-state index contributed by atoms with van der Waals surface area (Å²) in [5.74, 6) is -0.119. The van der Waals surface area contributed by atoms with Crippen molar-refractivity contribution in [3.05, 3.63) is 26.6 Å². The van der Waals surface area contributed by atoms with Crippen molar-refractivity contribution >= 4 is 47.8 Å². The molecule has 0 saturated carbocycles. The van der Waals surface area contributed by atoms with Crippen LogP contribution < -0.4 is 5.32 Å². The van der Waals surface area contributed by atoms with Gasteiger partial charge in [0.25, 0.3) is 0 Å². The molecule has 1 amide bonds. The highest BCUT2D eigenvalue weighted by Crippen LogP contribution is 2.31. The molecule has 0 atom stereocenters. The maximum atomic E-state index is 12.7. The summed E-state index contributed by atoms with van der Waals surface area (Å²) < 4.78 is 27.9. The molecule has 0 spiro atoms. The molecule has 1 aliphatic rings. The van der Waals surface area contributed by atoms with E-state index in [4.69, 9.17) is 0 Å². The molecule has 20 heavy (non-hydrogen) atoms. The average Bonchev–Trinajstić information content (AvgIpc) is 2.59. The molecular formula is C12H14Br2N2O3S. The topological polar surface area (TPSA) is 66.5 Å². The van der Waals surface area contributed by atoms with Crippen molar-refractivity contribution in [2.45, 2.75) is 18.2 Å². The van der Waals surface area contributed by atoms with Crippen LogP contribution in [0.25, 0.3) is 0 Å². The zero-order valence-electron chi connectivity index (χ0n) is 10.8. The summed E-state index contributed by atoms with van der Waals surface area (Å²) in [6, 6.07) is 3.35. The van der Waals surface area contributed by atoms with Crippen molar-refractivity contribution in [2.75, 3.05) is 19.6 Å². The highest BCUT2D eigenvalue weighted by atomic mass is 79.9. The van der Waals surface area contributed by atoms with Crippen LogP contribution >= 0.6 is 31.9 Å². The summed E-state index contributed by atoms with van der Waals surface area (Å²) in [4.78, 5) is 11.5. The quantitative estimate of drug-likeness (QED) is 0.788. The maximum Gasteiger partial charge on any atom is 0.244 e. The molecule has 1 fully saturated rings. The molecule has 0 aliphatic carbocycles. The normalized spacial score (nSPS) is 17.6. The number of nitrogens with one attached hydrogen (secondary N) is 1. The largest absolute Gasteiger partial charge is 0.355 e. The third kappa shape index (κ3) is 3.24. The molecule has 2 rings (SSSR count). The lowest BCUT2D eigenvalue weighted by molar-refractivity contribution is -0.120.